The molecule has 0 aliphatic carbocycles. The molecule has 1 fully saturated rings. The Kier molecular flexibility index (Phi) is 5.10. The maximum atomic E-state index is 13.0. The standard InChI is InChI=1S/C19H19F3N6O/c20-19(21,22)11-3-1-4-12(7-11)27-17-16-14(24-10-25-18(16)29)8-15(28-17)26-13-5-2-6-23-9-13/h1,3-4,7-8,10,13,23H,2,5-6,9H2,(H,24,25,29)(H2,26,27,28)/t13-/m1/s1. The van der Waals surface area contributed by atoms with E-state index >= 15 is 0 Å². The summed E-state index contributed by atoms with van der Waals surface area (Å²) < 4.78 is 39.1. The van der Waals surface area contributed by atoms with Crippen molar-refractivity contribution in [2.75, 3.05) is 23.7 Å². The molecular weight excluding hydrogens is 385 g/mol. The lowest BCUT2D eigenvalue weighted by Crippen LogP contribution is -2.38. The van der Waals surface area contributed by atoms with Crippen molar-refractivity contribution in [1.82, 2.24) is 20.3 Å². The molecule has 0 spiro atoms. The van der Waals surface area contributed by atoms with Crippen LogP contribution in [0, 0.1) is 0 Å². The molecule has 1 saturated heterocycles. The van der Waals surface area contributed by atoms with Crippen LogP contribution in [0.25, 0.3) is 10.9 Å². The first kappa shape index (κ1) is 19.2. The zero-order valence-electron chi connectivity index (χ0n) is 15.3. The number of nitrogens with one attached hydrogen (secondary N) is 4. The second-order valence-corrected chi connectivity index (χ2v) is 6.87. The molecule has 2 aromatic heterocycles. The van der Waals surface area contributed by atoms with Gasteiger partial charge in [0.15, 0.2) is 0 Å². The third-order valence-corrected chi connectivity index (χ3v) is 4.73. The third-order valence-electron chi connectivity index (χ3n) is 4.73. The van der Waals surface area contributed by atoms with Gasteiger partial charge in [0.1, 0.15) is 17.0 Å². The number of fused-ring (bicyclic) bond motifs is 1. The summed E-state index contributed by atoms with van der Waals surface area (Å²) in [5, 5.41) is 9.63. The van der Waals surface area contributed by atoms with Crippen LogP contribution in [0.15, 0.2) is 41.5 Å². The third kappa shape index (κ3) is 4.32. The minimum absolute atomic E-state index is 0.141. The van der Waals surface area contributed by atoms with E-state index in [0.717, 1.165) is 38.1 Å². The minimum Gasteiger partial charge on any atom is -0.366 e. The highest BCUT2D eigenvalue weighted by molar-refractivity contribution is 5.92. The summed E-state index contributed by atoms with van der Waals surface area (Å²) in [7, 11) is 0. The molecule has 3 aromatic rings. The fraction of sp³-hybridized carbons (Fsp3) is 0.316. The minimum atomic E-state index is -4.47. The number of hydrogen-bond acceptors (Lipinski definition) is 6. The fourth-order valence-electron chi connectivity index (χ4n) is 3.35. The maximum Gasteiger partial charge on any atom is 0.416 e. The van der Waals surface area contributed by atoms with Gasteiger partial charge in [-0.05, 0) is 37.6 Å². The molecular formula is C19H19F3N6O. The van der Waals surface area contributed by atoms with Crippen molar-refractivity contribution >= 4 is 28.2 Å². The number of alkyl halides is 3. The van der Waals surface area contributed by atoms with Gasteiger partial charge in [0.05, 0.1) is 17.4 Å². The van der Waals surface area contributed by atoms with Gasteiger partial charge in [-0.3, -0.25) is 4.79 Å². The number of hydrogen-bond donors (Lipinski definition) is 4. The summed E-state index contributed by atoms with van der Waals surface area (Å²) in [6.07, 6.45) is -1.20. The van der Waals surface area contributed by atoms with Crippen LogP contribution in [0.2, 0.25) is 0 Å². The first-order chi connectivity index (χ1) is 13.9. The Labute approximate surface area is 163 Å². The van der Waals surface area contributed by atoms with E-state index in [2.05, 4.69) is 30.9 Å². The van der Waals surface area contributed by atoms with Crippen LogP contribution in [0.4, 0.5) is 30.5 Å². The van der Waals surface area contributed by atoms with Crippen LogP contribution in [0.1, 0.15) is 18.4 Å². The van der Waals surface area contributed by atoms with Crippen molar-refractivity contribution < 1.29 is 13.2 Å². The zero-order valence-corrected chi connectivity index (χ0v) is 15.3. The van der Waals surface area contributed by atoms with Gasteiger partial charge in [0.2, 0.25) is 0 Å². The highest BCUT2D eigenvalue weighted by Crippen LogP contribution is 2.32. The Morgan fingerprint density at radius 1 is 1.21 bits per heavy atom. The zero-order chi connectivity index (χ0) is 20.4. The molecule has 1 atom stereocenters. The average Bonchev–Trinajstić information content (AvgIpc) is 2.68. The SMILES string of the molecule is O=c1[nH]cnc2cc(N[C@@H]3CCCNC3)nc(Nc3cccc(C(F)(F)F)c3)c12. The number of aromatic nitrogens is 3. The summed E-state index contributed by atoms with van der Waals surface area (Å²) in [5.41, 5.74) is -0.651. The van der Waals surface area contributed by atoms with Gasteiger partial charge in [-0.15, -0.1) is 0 Å². The van der Waals surface area contributed by atoms with Crippen LogP contribution in [-0.2, 0) is 6.18 Å². The van der Waals surface area contributed by atoms with E-state index in [9.17, 15) is 18.0 Å². The number of aromatic amines is 1. The van der Waals surface area contributed by atoms with Gasteiger partial charge >= 0.3 is 6.18 Å². The van der Waals surface area contributed by atoms with Crippen LogP contribution >= 0.6 is 0 Å². The summed E-state index contributed by atoms with van der Waals surface area (Å²) in [6.45, 7) is 1.74. The molecule has 0 amide bonds. The molecule has 0 radical (unpaired) electrons. The van der Waals surface area contributed by atoms with E-state index in [1.807, 2.05) is 0 Å². The predicted octanol–water partition coefficient (Wildman–Crippen LogP) is 3.24. The van der Waals surface area contributed by atoms with Gasteiger partial charge < -0.3 is 20.9 Å². The van der Waals surface area contributed by atoms with Crippen molar-refractivity contribution in [3.63, 3.8) is 0 Å². The van der Waals surface area contributed by atoms with Crippen molar-refractivity contribution in [3.05, 3.63) is 52.6 Å². The Bertz CT molecular complexity index is 1080. The summed E-state index contributed by atoms with van der Waals surface area (Å²) in [5.74, 6) is 0.640. The topological polar surface area (TPSA) is 94.7 Å². The molecule has 0 saturated carbocycles. The highest BCUT2D eigenvalue weighted by atomic mass is 19.4. The number of piperidine rings is 1. The molecule has 1 aromatic carbocycles. The van der Waals surface area contributed by atoms with E-state index in [0.29, 0.717) is 11.3 Å². The number of nitrogens with zero attached hydrogens (tertiary/aromatic N) is 2. The van der Waals surface area contributed by atoms with Crippen LogP contribution in [-0.4, -0.2) is 34.1 Å². The number of halogens is 3. The maximum absolute atomic E-state index is 13.0. The quantitative estimate of drug-likeness (QED) is 0.533. The molecule has 7 nitrogen and oxygen atoms in total. The summed E-state index contributed by atoms with van der Waals surface area (Å²) in [6, 6.07) is 6.57. The van der Waals surface area contributed by atoms with Crippen molar-refractivity contribution in [2.45, 2.75) is 25.1 Å². The lowest BCUT2D eigenvalue weighted by Gasteiger charge is -2.24. The van der Waals surface area contributed by atoms with Crippen molar-refractivity contribution in [3.8, 4) is 0 Å². The van der Waals surface area contributed by atoms with Gasteiger partial charge in [-0.2, -0.15) is 13.2 Å². The van der Waals surface area contributed by atoms with Crippen LogP contribution in [0.3, 0.4) is 0 Å². The van der Waals surface area contributed by atoms with Gasteiger partial charge in [-0.25, -0.2) is 9.97 Å². The Morgan fingerprint density at radius 3 is 2.83 bits per heavy atom. The van der Waals surface area contributed by atoms with E-state index in [4.69, 9.17) is 0 Å². The van der Waals surface area contributed by atoms with Crippen LogP contribution < -0.4 is 21.5 Å². The molecule has 152 valence electrons. The molecule has 10 heteroatoms. The second kappa shape index (κ2) is 7.70. The number of H-pyrrole nitrogens is 1. The number of anilines is 3. The first-order valence-electron chi connectivity index (χ1n) is 9.20. The first-order valence-corrected chi connectivity index (χ1v) is 9.20. The number of rotatable bonds is 4. The van der Waals surface area contributed by atoms with Gasteiger partial charge in [-0.1, -0.05) is 6.07 Å². The Balaban J connectivity index is 1.73. The fourth-order valence-corrected chi connectivity index (χ4v) is 3.35. The molecule has 0 unspecified atom stereocenters. The van der Waals surface area contributed by atoms with Crippen molar-refractivity contribution in [1.29, 1.82) is 0 Å². The molecule has 3 heterocycles. The smallest absolute Gasteiger partial charge is 0.366 e. The van der Waals surface area contributed by atoms with Crippen molar-refractivity contribution in [2.24, 2.45) is 0 Å². The highest BCUT2D eigenvalue weighted by Gasteiger charge is 2.30. The van der Waals surface area contributed by atoms with E-state index in [1.165, 1.54) is 18.5 Å². The molecule has 0 bridgehead atoms. The molecule has 1 aliphatic heterocycles. The van der Waals surface area contributed by atoms with E-state index in [1.54, 1.807) is 6.07 Å². The van der Waals surface area contributed by atoms with Crippen LogP contribution in [0.5, 0.6) is 0 Å². The summed E-state index contributed by atoms with van der Waals surface area (Å²) in [4.78, 5) is 23.4. The molecule has 4 N–H and O–H groups in total. The predicted molar refractivity (Wildman–Crippen MR) is 104 cm³/mol. The van der Waals surface area contributed by atoms with Gasteiger partial charge in [0.25, 0.3) is 5.56 Å². The second-order valence-electron chi connectivity index (χ2n) is 6.87. The monoisotopic (exact) mass is 404 g/mol. The lowest BCUT2D eigenvalue weighted by atomic mass is 10.1. The Hall–Kier alpha value is -3.14. The largest absolute Gasteiger partial charge is 0.416 e. The molecule has 29 heavy (non-hydrogen) atoms. The Morgan fingerprint density at radius 2 is 2.07 bits per heavy atom. The number of pyridine rings is 1. The average molecular weight is 404 g/mol. The lowest BCUT2D eigenvalue weighted by molar-refractivity contribution is -0.137. The molecule has 4 rings (SSSR count). The van der Waals surface area contributed by atoms with E-state index < -0.39 is 17.3 Å². The van der Waals surface area contributed by atoms with E-state index in [-0.39, 0.29) is 22.9 Å². The van der Waals surface area contributed by atoms with Gasteiger partial charge in [0, 0.05) is 24.3 Å². The molecule has 1 aliphatic rings. The number of benzene rings is 1. The normalized spacial score (nSPS) is 17.3. The summed E-state index contributed by atoms with van der Waals surface area (Å²) >= 11 is 0.